The maximum atomic E-state index is 6.72. The monoisotopic (exact) mass is 698 g/mol. The van der Waals surface area contributed by atoms with Crippen molar-refractivity contribution in [2.75, 3.05) is 55.9 Å². The zero-order valence-corrected chi connectivity index (χ0v) is 30.7. The molecule has 2 fully saturated rings. The minimum atomic E-state index is -0.210. The molecular formula is C41H50N2O8. The Morgan fingerprint density at radius 1 is 0.569 bits per heavy atom. The Balaban J connectivity index is 1.33. The summed E-state index contributed by atoms with van der Waals surface area (Å²) in [5.74, 6) is 4.24. The number of ether oxygens (including phenoxy) is 8. The van der Waals surface area contributed by atoms with E-state index in [1.165, 1.54) is 11.1 Å². The van der Waals surface area contributed by atoms with Crippen molar-refractivity contribution in [1.29, 1.82) is 0 Å². The molecule has 0 N–H and O–H groups in total. The molecule has 0 aromatic heterocycles. The van der Waals surface area contributed by atoms with Crippen LogP contribution in [0.5, 0.6) is 34.5 Å². The molecule has 2 aliphatic heterocycles. The Morgan fingerprint density at radius 2 is 0.980 bits per heavy atom. The molecule has 0 bridgehead atoms. The molecule has 10 nitrogen and oxygen atoms in total. The third-order valence-corrected chi connectivity index (χ3v) is 10.1. The van der Waals surface area contributed by atoms with E-state index in [0.717, 1.165) is 17.5 Å². The highest BCUT2D eigenvalue weighted by molar-refractivity contribution is 5.52. The lowest BCUT2D eigenvalue weighted by Gasteiger charge is -2.35. The van der Waals surface area contributed by atoms with Gasteiger partial charge in [0.05, 0.1) is 79.1 Å². The van der Waals surface area contributed by atoms with Crippen LogP contribution in [0, 0.1) is 5.92 Å². The van der Waals surface area contributed by atoms with Crippen LogP contribution in [0.15, 0.2) is 84.9 Å². The van der Waals surface area contributed by atoms with Gasteiger partial charge in [0.25, 0.3) is 0 Å². The number of methoxy groups -OCH3 is 6. The van der Waals surface area contributed by atoms with Crippen LogP contribution >= 0.6 is 0 Å². The molecule has 2 aliphatic rings. The smallest absolute Gasteiger partial charge is 0.130 e. The summed E-state index contributed by atoms with van der Waals surface area (Å²) in [5, 5.41) is 0. The number of rotatable bonds is 15. The molecule has 0 spiro atoms. The van der Waals surface area contributed by atoms with E-state index in [1.54, 1.807) is 42.7 Å². The van der Waals surface area contributed by atoms with Gasteiger partial charge in [0.1, 0.15) is 47.0 Å². The van der Waals surface area contributed by atoms with Crippen LogP contribution in [0.25, 0.3) is 0 Å². The van der Waals surface area contributed by atoms with Crippen LogP contribution in [0.4, 0.5) is 0 Å². The minimum Gasteiger partial charge on any atom is -0.496 e. The predicted molar refractivity (Wildman–Crippen MR) is 195 cm³/mol. The highest BCUT2D eigenvalue weighted by atomic mass is 16.5. The Hall–Kier alpha value is -4.48. The molecule has 0 amide bonds. The maximum absolute atomic E-state index is 6.72. The molecule has 5 atom stereocenters. The number of nitrogens with zero attached hydrogens (tertiary/aromatic N) is 2. The first kappa shape index (κ1) is 36.3. The van der Waals surface area contributed by atoms with Gasteiger partial charge < -0.3 is 37.9 Å². The van der Waals surface area contributed by atoms with Crippen LogP contribution in [-0.2, 0) is 22.6 Å². The SMILES string of the molecule is COc1cc(OC)c(CN2C(C(C)CC3OC[C@@H](c4ccccc4)N3Cc3c(OC)cc(OC)cc3OC)OC[C@@H]2c2ccccc2)c(OC)c1. The molecule has 0 aliphatic carbocycles. The van der Waals surface area contributed by atoms with Crippen molar-refractivity contribution >= 4 is 0 Å². The van der Waals surface area contributed by atoms with E-state index < -0.39 is 0 Å². The number of benzene rings is 4. The predicted octanol–water partition coefficient (Wildman–Crippen LogP) is 7.26. The fourth-order valence-corrected chi connectivity index (χ4v) is 7.45. The van der Waals surface area contributed by atoms with Crippen molar-refractivity contribution in [3.8, 4) is 34.5 Å². The standard InChI is InChI=1S/C41H50N2O8/c1-27(41-43(35(26-51-41)29-16-12-9-13-17-29)24-33-38(48-6)21-31(45-3)22-39(33)49-7)18-40-42(34(25-50-40)28-14-10-8-11-15-28)23-32-36(46-4)19-30(44-2)20-37(32)47-5/h8-17,19-22,27,34-35,40-41H,18,23-26H2,1-7H3/t27?,34-,35+,40?,41?/m0/s1. The van der Waals surface area contributed by atoms with Crippen LogP contribution in [0.2, 0.25) is 0 Å². The third kappa shape index (κ3) is 7.74. The van der Waals surface area contributed by atoms with Crippen molar-refractivity contribution < 1.29 is 37.9 Å². The molecular weight excluding hydrogens is 648 g/mol. The van der Waals surface area contributed by atoms with E-state index >= 15 is 0 Å². The molecule has 10 heteroatoms. The van der Waals surface area contributed by atoms with E-state index in [2.05, 4.69) is 65.3 Å². The largest absolute Gasteiger partial charge is 0.496 e. The van der Waals surface area contributed by atoms with Crippen molar-refractivity contribution in [3.63, 3.8) is 0 Å². The highest BCUT2D eigenvalue weighted by Crippen LogP contribution is 2.44. The average molecular weight is 699 g/mol. The summed E-state index contributed by atoms with van der Waals surface area (Å²) in [6, 6.07) is 28.7. The van der Waals surface area contributed by atoms with E-state index in [0.29, 0.717) is 60.8 Å². The zero-order chi connectivity index (χ0) is 35.9. The van der Waals surface area contributed by atoms with E-state index in [1.807, 2.05) is 36.4 Å². The summed E-state index contributed by atoms with van der Waals surface area (Å²) in [5.41, 5.74) is 4.26. The molecule has 3 unspecified atom stereocenters. The second kappa shape index (κ2) is 16.7. The molecule has 4 aromatic rings. The van der Waals surface area contributed by atoms with Gasteiger partial charge in [-0.2, -0.15) is 0 Å². The third-order valence-electron chi connectivity index (χ3n) is 10.1. The summed E-state index contributed by atoms with van der Waals surface area (Å²) < 4.78 is 48.0. The lowest BCUT2D eigenvalue weighted by atomic mass is 9.99. The molecule has 4 aromatic carbocycles. The van der Waals surface area contributed by atoms with Crippen LogP contribution in [0.3, 0.4) is 0 Å². The van der Waals surface area contributed by atoms with Crippen molar-refractivity contribution in [3.05, 3.63) is 107 Å². The molecule has 6 rings (SSSR count). The lowest BCUT2D eigenvalue weighted by Crippen LogP contribution is -2.40. The number of hydrogen-bond acceptors (Lipinski definition) is 10. The van der Waals surface area contributed by atoms with Gasteiger partial charge in [-0.25, -0.2) is 0 Å². The minimum absolute atomic E-state index is 0.0284. The van der Waals surface area contributed by atoms with Gasteiger partial charge in [0.15, 0.2) is 0 Å². The lowest BCUT2D eigenvalue weighted by molar-refractivity contribution is -0.0547. The molecule has 0 saturated carbocycles. The van der Waals surface area contributed by atoms with Gasteiger partial charge in [-0.05, 0) is 23.5 Å². The second-order valence-corrected chi connectivity index (χ2v) is 12.9. The van der Waals surface area contributed by atoms with E-state index in [-0.39, 0.29) is 30.5 Å². The van der Waals surface area contributed by atoms with Crippen molar-refractivity contribution in [1.82, 2.24) is 9.80 Å². The quantitative estimate of drug-likeness (QED) is 0.127. The molecule has 2 heterocycles. The second-order valence-electron chi connectivity index (χ2n) is 12.9. The maximum Gasteiger partial charge on any atom is 0.130 e. The van der Waals surface area contributed by atoms with E-state index in [9.17, 15) is 0 Å². The van der Waals surface area contributed by atoms with Gasteiger partial charge in [0, 0.05) is 37.4 Å². The Labute approximate surface area is 301 Å². The first-order chi connectivity index (χ1) is 24.9. The average Bonchev–Trinajstić information content (AvgIpc) is 3.79. The number of hydrogen-bond donors (Lipinski definition) is 0. The highest BCUT2D eigenvalue weighted by Gasteiger charge is 2.43. The Kier molecular flexibility index (Phi) is 11.9. The summed E-state index contributed by atoms with van der Waals surface area (Å²) in [6.45, 7) is 4.47. The van der Waals surface area contributed by atoms with Gasteiger partial charge in [0.2, 0.25) is 0 Å². The van der Waals surface area contributed by atoms with Crippen molar-refractivity contribution in [2.45, 2.75) is 51.0 Å². The Morgan fingerprint density at radius 3 is 1.41 bits per heavy atom. The molecule has 2 saturated heterocycles. The zero-order valence-electron chi connectivity index (χ0n) is 30.7. The summed E-state index contributed by atoms with van der Waals surface area (Å²) in [6.07, 6.45) is 0.315. The normalized spacial score (nSPS) is 21.3. The first-order valence-electron chi connectivity index (χ1n) is 17.3. The van der Waals surface area contributed by atoms with Crippen LogP contribution < -0.4 is 28.4 Å². The fraction of sp³-hybridized carbons (Fsp3) is 0.415. The first-order valence-corrected chi connectivity index (χ1v) is 17.3. The Bertz CT molecular complexity index is 1670. The topological polar surface area (TPSA) is 80.3 Å². The summed E-state index contributed by atoms with van der Waals surface area (Å²) in [4.78, 5) is 4.85. The fourth-order valence-electron chi connectivity index (χ4n) is 7.45. The van der Waals surface area contributed by atoms with Gasteiger partial charge in [-0.1, -0.05) is 67.6 Å². The van der Waals surface area contributed by atoms with Crippen molar-refractivity contribution in [2.24, 2.45) is 5.92 Å². The van der Waals surface area contributed by atoms with Gasteiger partial charge in [-0.15, -0.1) is 0 Å². The summed E-state index contributed by atoms with van der Waals surface area (Å²) >= 11 is 0. The van der Waals surface area contributed by atoms with Crippen LogP contribution in [-0.4, -0.2) is 78.1 Å². The van der Waals surface area contributed by atoms with E-state index in [4.69, 9.17) is 37.9 Å². The molecule has 51 heavy (non-hydrogen) atoms. The summed E-state index contributed by atoms with van der Waals surface area (Å²) in [7, 11) is 9.98. The van der Waals surface area contributed by atoms with Crippen LogP contribution in [0.1, 0.15) is 47.7 Å². The van der Waals surface area contributed by atoms with Gasteiger partial charge >= 0.3 is 0 Å². The molecule has 0 radical (unpaired) electrons. The molecule has 272 valence electrons. The van der Waals surface area contributed by atoms with Gasteiger partial charge in [-0.3, -0.25) is 9.80 Å².